The summed E-state index contributed by atoms with van der Waals surface area (Å²) < 4.78 is 10.8. The highest BCUT2D eigenvalue weighted by atomic mass is 16.5. The van der Waals surface area contributed by atoms with Gasteiger partial charge in [0.1, 0.15) is 25.8 Å². The van der Waals surface area contributed by atoms with Crippen molar-refractivity contribution in [3.05, 3.63) is 24.3 Å². The molecule has 290 valence electrons. The van der Waals surface area contributed by atoms with E-state index in [1.165, 1.54) is 77.0 Å². The molecule has 50 heavy (non-hydrogen) atoms. The summed E-state index contributed by atoms with van der Waals surface area (Å²) >= 11 is 0. The summed E-state index contributed by atoms with van der Waals surface area (Å²) in [6.45, 7) is 2.03. The molecule has 0 spiro atoms. The number of rotatable bonds is 40. The number of carbonyl (C=O) groups excluding carboxylic acids is 4. The van der Waals surface area contributed by atoms with Crippen LogP contribution in [-0.4, -0.2) is 74.0 Å². The van der Waals surface area contributed by atoms with Gasteiger partial charge in [-0.1, -0.05) is 101 Å². The predicted molar refractivity (Wildman–Crippen MR) is 205 cm³/mol. The minimum atomic E-state index is -0.172. The molecule has 0 bridgehead atoms. The van der Waals surface area contributed by atoms with Crippen LogP contribution in [0, 0.1) is 0 Å². The number of aliphatic hydroxyl groups is 1. The number of allylic oxidation sites excluding steroid dienone is 4. The molecule has 0 aliphatic carbocycles. The molecule has 0 fully saturated rings. The first-order valence-electron chi connectivity index (χ1n) is 20.5. The molecule has 0 rings (SSSR count). The first-order valence-corrected chi connectivity index (χ1v) is 20.5. The maximum Gasteiger partial charge on any atom is 0.305 e. The van der Waals surface area contributed by atoms with E-state index in [9.17, 15) is 24.3 Å². The van der Waals surface area contributed by atoms with Gasteiger partial charge in [0.05, 0.1) is 6.61 Å². The number of hydrogen-bond donors (Lipinski definition) is 1. The van der Waals surface area contributed by atoms with Crippen molar-refractivity contribution >= 4 is 24.5 Å². The summed E-state index contributed by atoms with van der Waals surface area (Å²) in [7, 11) is 0. The molecule has 0 aromatic rings. The molecule has 0 heterocycles. The molecule has 0 amide bonds. The van der Waals surface area contributed by atoms with Gasteiger partial charge in [-0.2, -0.15) is 0 Å². The van der Waals surface area contributed by atoms with Crippen LogP contribution in [0.2, 0.25) is 0 Å². The van der Waals surface area contributed by atoms with E-state index < -0.39 is 0 Å². The molecule has 8 nitrogen and oxygen atoms in total. The fourth-order valence-corrected chi connectivity index (χ4v) is 5.83. The van der Waals surface area contributed by atoms with Crippen LogP contribution < -0.4 is 0 Å². The van der Waals surface area contributed by atoms with Gasteiger partial charge >= 0.3 is 11.9 Å². The number of nitrogens with zero attached hydrogens (tertiary/aromatic N) is 1. The Kier molecular flexibility index (Phi) is 39.2. The van der Waals surface area contributed by atoms with E-state index in [-0.39, 0.29) is 31.8 Å². The molecule has 1 N–H and O–H groups in total. The van der Waals surface area contributed by atoms with Gasteiger partial charge in [0, 0.05) is 45.3 Å². The standard InChI is InChI=1S/C42H75NO7/c44-36-29-25-21-17-13-9-5-1-3-7-11-15-19-23-27-31-41(47)49-39-34-43(33-38-46)35-40-50-42(48)32-28-24-20-16-12-8-4-2-6-10-14-18-22-26-30-37-45/h1-4,36-37,46H,5-35,38-40H2/b3-1+,4-2+. The SMILES string of the molecule is O=CCCCCCCC/C=C/CCCCCCCC(=O)OCCN(CCO)CCOC(=O)CCCCCCC/C=C/CCCCCCCC=O. The quantitative estimate of drug-likeness (QED) is 0.0290. The van der Waals surface area contributed by atoms with Crippen LogP contribution in [-0.2, 0) is 28.7 Å². The molecule has 0 aromatic carbocycles. The van der Waals surface area contributed by atoms with Gasteiger partial charge in [-0.25, -0.2) is 0 Å². The lowest BCUT2D eigenvalue weighted by molar-refractivity contribution is -0.144. The molecular formula is C42H75NO7. The smallest absolute Gasteiger partial charge is 0.305 e. The zero-order valence-electron chi connectivity index (χ0n) is 31.8. The topological polar surface area (TPSA) is 110 Å². The zero-order valence-corrected chi connectivity index (χ0v) is 31.8. The molecule has 0 saturated heterocycles. The maximum atomic E-state index is 12.1. The molecule has 0 unspecified atom stereocenters. The lowest BCUT2D eigenvalue weighted by atomic mass is 10.1. The van der Waals surface area contributed by atoms with Crippen molar-refractivity contribution in [2.24, 2.45) is 0 Å². The van der Waals surface area contributed by atoms with Crippen molar-refractivity contribution in [2.75, 3.05) is 39.5 Å². The van der Waals surface area contributed by atoms with E-state index in [2.05, 4.69) is 24.3 Å². The second-order valence-electron chi connectivity index (χ2n) is 13.6. The van der Waals surface area contributed by atoms with Gasteiger partial charge in [-0.3, -0.25) is 14.5 Å². The summed E-state index contributed by atoms with van der Waals surface area (Å²) in [4.78, 5) is 46.8. The molecular weight excluding hydrogens is 630 g/mol. The van der Waals surface area contributed by atoms with Crippen LogP contribution >= 0.6 is 0 Å². The Hall–Kier alpha value is -2.32. The van der Waals surface area contributed by atoms with Crippen molar-refractivity contribution < 1.29 is 33.8 Å². The lowest BCUT2D eigenvalue weighted by Crippen LogP contribution is -2.34. The highest BCUT2D eigenvalue weighted by molar-refractivity contribution is 5.69. The van der Waals surface area contributed by atoms with Crippen LogP contribution in [0.5, 0.6) is 0 Å². The predicted octanol–water partition coefficient (Wildman–Crippen LogP) is 9.80. The van der Waals surface area contributed by atoms with Crippen molar-refractivity contribution in [3.8, 4) is 0 Å². The molecule has 0 radical (unpaired) electrons. The number of aliphatic hydroxyl groups excluding tert-OH is 1. The summed E-state index contributed by atoms with van der Waals surface area (Å²) in [6, 6.07) is 0. The number of aldehydes is 2. The minimum absolute atomic E-state index is 0.00197. The van der Waals surface area contributed by atoms with Crippen molar-refractivity contribution in [1.82, 2.24) is 4.90 Å². The van der Waals surface area contributed by atoms with Gasteiger partial charge < -0.3 is 24.2 Å². The molecule has 0 aromatic heterocycles. The summed E-state index contributed by atoms with van der Waals surface area (Å²) in [5.41, 5.74) is 0. The Morgan fingerprint density at radius 3 is 1.04 bits per heavy atom. The summed E-state index contributed by atoms with van der Waals surface area (Å²) in [6.07, 6.45) is 40.6. The molecule has 0 saturated carbocycles. The van der Waals surface area contributed by atoms with E-state index in [1.54, 1.807) is 0 Å². The average molecular weight is 706 g/mol. The number of hydrogen-bond acceptors (Lipinski definition) is 8. The summed E-state index contributed by atoms with van der Waals surface area (Å²) in [5.74, 6) is -0.344. The summed E-state index contributed by atoms with van der Waals surface area (Å²) in [5, 5.41) is 9.39. The van der Waals surface area contributed by atoms with Gasteiger partial charge in [0.2, 0.25) is 0 Å². The fourth-order valence-electron chi connectivity index (χ4n) is 5.83. The second-order valence-corrected chi connectivity index (χ2v) is 13.6. The van der Waals surface area contributed by atoms with Crippen LogP contribution in [0.4, 0.5) is 0 Å². The number of esters is 2. The molecule has 0 atom stereocenters. The van der Waals surface area contributed by atoms with E-state index in [0.717, 1.165) is 89.6 Å². The third kappa shape index (κ3) is 38.5. The van der Waals surface area contributed by atoms with E-state index in [4.69, 9.17) is 9.47 Å². The number of unbranched alkanes of at least 4 members (excludes halogenated alkanes) is 22. The Morgan fingerprint density at radius 2 is 0.720 bits per heavy atom. The monoisotopic (exact) mass is 706 g/mol. The first kappa shape index (κ1) is 47.7. The van der Waals surface area contributed by atoms with Crippen LogP contribution in [0.1, 0.15) is 180 Å². The zero-order chi connectivity index (χ0) is 36.4. The van der Waals surface area contributed by atoms with Crippen molar-refractivity contribution in [1.29, 1.82) is 0 Å². The molecule has 8 heteroatoms. The van der Waals surface area contributed by atoms with Gasteiger partial charge in [-0.05, 0) is 77.0 Å². The van der Waals surface area contributed by atoms with Gasteiger partial charge in [-0.15, -0.1) is 0 Å². The second kappa shape index (κ2) is 41.1. The Morgan fingerprint density at radius 1 is 0.420 bits per heavy atom. The minimum Gasteiger partial charge on any atom is -0.464 e. The van der Waals surface area contributed by atoms with Gasteiger partial charge in [0.15, 0.2) is 0 Å². The Balaban J connectivity index is 3.62. The fraction of sp³-hybridized carbons (Fsp3) is 0.810. The van der Waals surface area contributed by atoms with Crippen LogP contribution in [0.25, 0.3) is 0 Å². The number of carbonyl (C=O) groups is 4. The largest absolute Gasteiger partial charge is 0.464 e. The Bertz CT molecular complexity index is 765. The third-order valence-electron chi connectivity index (χ3n) is 8.98. The van der Waals surface area contributed by atoms with E-state index in [0.29, 0.717) is 45.3 Å². The van der Waals surface area contributed by atoms with E-state index >= 15 is 0 Å². The third-order valence-corrected chi connectivity index (χ3v) is 8.98. The van der Waals surface area contributed by atoms with Gasteiger partial charge in [0.25, 0.3) is 0 Å². The highest BCUT2D eigenvalue weighted by Crippen LogP contribution is 2.12. The molecule has 0 aliphatic rings. The van der Waals surface area contributed by atoms with Crippen molar-refractivity contribution in [3.63, 3.8) is 0 Å². The Labute approximate surface area is 306 Å². The highest BCUT2D eigenvalue weighted by Gasteiger charge is 2.09. The first-order chi connectivity index (χ1) is 24.6. The van der Waals surface area contributed by atoms with Crippen LogP contribution in [0.15, 0.2) is 24.3 Å². The number of ether oxygens (including phenoxy) is 2. The lowest BCUT2D eigenvalue weighted by Gasteiger charge is -2.20. The van der Waals surface area contributed by atoms with Crippen molar-refractivity contribution in [2.45, 2.75) is 180 Å². The van der Waals surface area contributed by atoms with E-state index in [1.807, 2.05) is 4.90 Å². The maximum absolute atomic E-state index is 12.1. The average Bonchev–Trinajstić information content (AvgIpc) is 3.11. The van der Waals surface area contributed by atoms with Crippen LogP contribution in [0.3, 0.4) is 0 Å². The normalized spacial score (nSPS) is 11.6. The molecule has 0 aliphatic heterocycles.